The van der Waals surface area contributed by atoms with E-state index in [-0.39, 0.29) is 23.9 Å². The highest BCUT2D eigenvalue weighted by atomic mass is 32.2. The first kappa shape index (κ1) is 12.8. The van der Waals surface area contributed by atoms with E-state index in [1.165, 1.54) is 0 Å². The van der Waals surface area contributed by atoms with Crippen molar-refractivity contribution in [3.8, 4) is 0 Å². The van der Waals surface area contributed by atoms with E-state index in [9.17, 15) is 4.79 Å². The number of thioether (sulfide) groups is 1. The zero-order valence-electron chi connectivity index (χ0n) is 9.66. The zero-order valence-corrected chi connectivity index (χ0v) is 10.5. The van der Waals surface area contributed by atoms with Crippen molar-refractivity contribution >= 4 is 17.7 Å². The molecule has 15 heavy (non-hydrogen) atoms. The van der Waals surface area contributed by atoms with Crippen LogP contribution in [0.1, 0.15) is 33.1 Å². The van der Waals surface area contributed by atoms with Gasteiger partial charge in [-0.2, -0.15) is 11.8 Å². The molecule has 0 saturated heterocycles. The number of nitrogens with one attached hydrogen (secondary N) is 1. The van der Waals surface area contributed by atoms with Gasteiger partial charge < -0.3 is 11.1 Å². The molecule has 1 aliphatic rings. The highest BCUT2D eigenvalue weighted by Gasteiger charge is 2.28. The second-order valence-electron chi connectivity index (χ2n) is 4.34. The van der Waals surface area contributed by atoms with Crippen LogP contribution in [-0.4, -0.2) is 29.5 Å². The van der Waals surface area contributed by atoms with Crippen molar-refractivity contribution in [3.05, 3.63) is 0 Å². The number of rotatable bonds is 5. The fourth-order valence-corrected chi connectivity index (χ4v) is 2.62. The third-order valence-electron chi connectivity index (χ3n) is 2.80. The van der Waals surface area contributed by atoms with Crippen molar-refractivity contribution in [2.24, 2.45) is 11.7 Å². The second-order valence-corrected chi connectivity index (χ2v) is 5.66. The topological polar surface area (TPSA) is 55.1 Å². The molecule has 1 amide bonds. The van der Waals surface area contributed by atoms with Gasteiger partial charge in [0.15, 0.2) is 0 Å². The van der Waals surface area contributed by atoms with E-state index in [2.05, 4.69) is 19.2 Å². The standard InChI is InChI=1S/C11H22N2OS/c1-3-15-7-8(2)13-11(14)9-4-5-10(12)6-9/h8-10H,3-7,12H2,1-2H3,(H,13,14). The van der Waals surface area contributed by atoms with E-state index in [4.69, 9.17) is 5.73 Å². The van der Waals surface area contributed by atoms with Crippen LogP contribution in [0.5, 0.6) is 0 Å². The fraction of sp³-hybridized carbons (Fsp3) is 0.909. The Morgan fingerprint density at radius 2 is 2.33 bits per heavy atom. The van der Waals surface area contributed by atoms with Gasteiger partial charge in [0.05, 0.1) is 0 Å². The van der Waals surface area contributed by atoms with E-state index in [0.717, 1.165) is 30.8 Å². The maximum atomic E-state index is 11.8. The number of carbonyl (C=O) groups excluding carboxylic acids is 1. The summed E-state index contributed by atoms with van der Waals surface area (Å²) < 4.78 is 0. The SMILES string of the molecule is CCSCC(C)NC(=O)C1CCC(N)C1. The quantitative estimate of drug-likeness (QED) is 0.750. The Labute approximate surface area is 96.6 Å². The van der Waals surface area contributed by atoms with Crippen LogP contribution in [0.4, 0.5) is 0 Å². The van der Waals surface area contributed by atoms with Gasteiger partial charge >= 0.3 is 0 Å². The highest BCUT2D eigenvalue weighted by molar-refractivity contribution is 7.99. The summed E-state index contributed by atoms with van der Waals surface area (Å²) in [5.41, 5.74) is 5.79. The van der Waals surface area contributed by atoms with Gasteiger partial charge in [-0.15, -0.1) is 0 Å². The Bertz CT molecular complexity index is 211. The monoisotopic (exact) mass is 230 g/mol. The lowest BCUT2D eigenvalue weighted by molar-refractivity contribution is -0.125. The van der Waals surface area contributed by atoms with Gasteiger partial charge in [-0.1, -0.05) is 6.92 Å². The number of amides is 1. The molecule has 0 spiro atoms. The Balaban J connectivity index is 2.23. The second kappa shape index (κ2) is 6.38. The minimum Gasteiger partial charge on any atom is -0.353 e. The summed E-state index contributed by atoms with van der Waals surface area (Å²) in [6, 6.07) is 0.514. The van der Waals surface area contributed by atoms with Gasteiger partial charge in [-0.25, -0.2) is 0 Å². The molecule has 3 nitrogen and oxygen atoms in total. The molecule has 0 heterocycles. The maximum Gasteiger partial charge on any atom is 0.223 e. The van der Waals surface area contributed by atoms with Crippen molar-refractivity contribution in [1.82, 2.24) is 5.32 Å². The maximum absolute atomic E-state index is 11.8. The molecule has 0 bridgehead atoms. The molecule has 3 unspecified atom stereocenters. The van der Waals surface area contributed by atoms with Crippen LogP contribution < -0.4 is 11.1 Å². The molecule has 4 heteroatoms. The van der Waals surface area contributed by atoms with Crippen molar-refractivity contribution in [2.45, 2.75) is 45.2 Å². The predicted molar refractivity (Wildman–Crippen MR) is 65.9 cm³/mol. The summed E-state index contributed by atoms with van der Waals surface area (Å²) in [5, 5.41) is 3.06. The molecular weight excluding hydrogens is 208 g/mol. The van der Waals surface area contributed by atoms with Crippen LogP contribution in [0, 0.1) is 5.92 Å². The van der Waals surface area contributed by atoms with E-state index >= 15 is 0 Å². The van der Waals surface area contributed by atoms with Crippen molar-refractivity contribution < 1.29 is 4.79 Å². The van der Waals surface area contributed by atoms with Crippen LogP contribution in [-0.2, 0) is 4.79 Å². The molecule has 1 saturated carbocycles. The Morgan fingerprint density at radius 1 is 1.60 bits per heavy atom. The molecular formula is C11H22N2OS. The summed E-state index contributed by atoms with van der Waals surface area (Å²) in [6.45, 7) is 4.20. The minimum absolute atomic E-state index is 0.161. The van der Waals surface area contributed by atoms with E-state index in [0.29, 0.717) is 0 Å². The zero-order chi connectivity index (χ0) is 11.3. The van der Waals surface area contributed by atoms with Crippen molar-refractivity contribution in [2.75, 3.05) is 11.5 Å². The largest absolute Gasteiger partial charge is 0.353 e. The van der Waals surface area contributed by atoms with E-state index < -0.39 is 0 Å². The minimum atomic E-state index is 0.161. The summed E-state index contributed by atoms with van der Waals surface area (Å²) in [6.07, 6.45) is 2.82. The Morgan fingerprint density at radius 3 is 2.87 bits per heavy atom. The van der Waals surface area contributed by atoms with Crippen LogP contribution in [0.3, 0.4) is 0 Å². The molecule has 1 fully saturated rings. The third-order valence-corrected chi connectivity index (χ3v) is 3.95. The van der Waals surface area contributed by atoms with Gasteiger partial charge in [0.2, 0.25) is 5.91 Å². The molecule has 1 rings (SSSR count). The normalized spacial score (nSPS) is 27.7. The fourth-order valence-electron chi connectivity index (χ4n) is 1.95. The first-order chi connectivity index (χ1) is 7.13. The number of hydrogen-bond donors (Lipinski definition) is 2. The molecule has 0 radical (unpaired) electrons. The molecule has 3 atom stereocenters. The lowest BCUT2D eigenvalue weighted by atomic mass is 10.1. The van der Waals surface area contributed by atoms with Gasteiger partial charge in [0.25, 0.3) is 0 Å². The molecule has 0 aromatic heterocycles. The van der Waals surface area contributed by atoms with Gasteiger partial charge in [0.1, 0.15) is 0 Å². The van der Waals surface area contributed by atoms with Crippen LogP contribution in [0.2, 0.25) is 0 Å². The molecule has 0 aromatic rings. The van der Waals surface area contributed by atoms with Crippen LogP contribution in [0.15, 0.2) is 0 Å². The molecule has 0 aliphatic heterocycles. The summed E-state index contributed by atoms with van der Waals surface area (Å²) in [5.74, 6) is 2.47. The number of carbonyl (C=O) groups is 1. The summed E-state index contributed by atoms with van der Waals surface area (Å²) >= 11 is 1.86. The van der Waals surface area contributed by atoms with Gasteiger partial charge in [-0.3, -0.25) is 4.79 Å². The van der Waals surface area contributed by atoms with Crippen molar-refractivity contribution in [3.63, 3.8) is 0 Å². The summed E-state index contributed by atoms with van der Waals surface area (Å²) in [7, 11) is 0. The predicted octanol–water partition coefficient (Wildman–Crippen LogP) is 1.37. The first-order valence-corrected chi connectivity index (χ1v) is 6.92. The Kier molecular flexibility index (Phi) is 5.47. The van der Waals surface area contributed by atoms with Crippen LogP contribution in [0.25, 0.3) is 0 Å². The van der Waals surface area contributed by atoms with Crippen molar-refractivity contribution in [1.29, 1.82) is 0 Å². The highest BCUT2D eigenvalue weighted by Crippen LogP contribution is 2.24. The number of hydrogen-bond acceptors (Lipinski definition) is 3. The molecule has 3 N–H and O–H groups in total. The van der Waals surface area contributed by atoms with Gasteiger partial charge in [-0.05, 0) is 31.9 Å². The lowest BCUT2D eigenvalue weighted by Gasteiger charge is -2.16. The lowest BCUT2D eigenvalue weighted by Crippen LogP contribution is -2.38. The summed E-state index contributed by atoms with van der Waals surface area (Å²) in [4.78, 5) is 11.8. The molecule has 0 aromatic carbocycles. The average Bonchev–Trinajstić information content (AvgIpc) is 2.61. The number of nitrogens with two attached hydrogens (primary N) is 1. The first-order valence-electron chi connectivity index (χ1n) is 5.77. The average molecular weight is 230 g/mol. The van der Waals surface area contributed by atoms with Gasteiger partial charge in [0, 0.05) is 23.8 Å². The Hall–Kier alpha value is -0.220. The molecule has 1 aliphatic carbocycles. The molecule has 88 valence electrons. The van der Waals surface area contributed by atoms with E-state index in [1.54, 1.807) is 0 Å². The third kappa shape index (κ3) is 4.43. The van der Waals surface area contributed by atoms with Crippen LogP contribution >= 0.6 is 11.8 Å². The smallest absolute Gasteiger partial charge is 0.223 e. The van der Waals surface area contributed by atoms with E-state index in [1.807, 2.05) is 11.8 Å².